The van der Waals surface area contributed by atoms with Gasteiger partial charge >= 0.3 is 0 Å². The molecule has 0 aromatic carbocycles. The number of aromatic nitrogens is 3. The molecule has 0 spiro atoms. The Bertz CT molecular complexity index is 580. The van der Waals surface area contributed by atoms with Crippen LogP contribution in [0.4, 0.5) is 0 Å². The molecule has 1 aromatic rings. The first-order valence-corrected chi connectivity index (χ1v) is 9.79. The zero-order chi connectivity index (χ0) is 17.6. The number of fused-ring (bicyclic) bond motifs is 1. The van der Waals surface area contributed by atoms with Gasteiger partial charge < -0.3 is 15.5 Å². The van der Waals surface area contributed by atoms with Crippen LogP contribution in [0.3, 0.4) is 0 Å². The van der Waals surface area contributed by atoms with Crippen LogP contribution in [0.15, 0.2) is 4.99 Å². The van der Waals surface area contributed by atoms with Gasteiger partial charge in [-0.15, -0.1) is 24.0 Å². The minimum Gasteiger partial charge on any atom is -0.355 e. The van der Waals surface area contributed by atoms with Crippen molar-refractivity contribution in [1.82, 2.24) is 30.3 Å². The number of nitrogens with zero attached hydrogens (tertiary/aromatic N) is 5. The fraction of sp³-hybridized carbons (Fsp3) is 0.833. The van der Waals surface area contributed by atoms with E-state index in [1.54, 1.807) is 0 Å². The standard InChI is InChI=1S/C18H33N7.HI/c1-4-16-22-17-10-9-14(13-25(17)23-16)21-18(19-2)20-11-12-24(3)15-7-5-6-8-15;/h14-15H,4-13H2,1-3H3,(H2,19,20,21);1H. The number of aryl methyl sites for hydroxylation is 2. The summed E-state index contributed by atoms with van der Waals surface area (Å²) >= 11 is 0. The van der Waals surface area contributed by atoms with Gasteiger partial charge in [-0.3, -0.25) is 4.99 Å². The smallest absolute Gasteiger partial charge is 0.191 e. The Hall–Kier alpha value is -0.900. The van der Waals surface area contributed by atoms with Gasteiger partial charge in [-0.05, 0) is 26.3 Å². The Labute approximate surface area is 174 Å². The number of aliphatic imine (C=N–C) groups is 1. The van der Waals surface area contributed by atoms with Gasteiger partial charge in [-0.1, -0.05) is 19.8 Å². The summed E-state index contributed by atoms with van der Waals surface area (Å²) in [6.07, 6.45) is 8.43. The van der Waals surface area contributed by atoms with Crippen LogP contribution in [0, 0.1) is 0 Å². The van der Waals surface area contributed by atoms with E-state index in [0.29, 0.717) is 6.04 Å². The number of hydrogen-bond donors (Lipinski definition) is 2. The van der Waals surface area contributed by atoms with Crippen LogP contribution in [0.25, 0.3) is 0 Å². The Balaban J connectivity index is 0.00000243. The van der Waals surface area contributed by atoms with Crippen molar-refractivity contribution in [3.8, 4) is 0 Å². The molecule has 2 N–H and O–H groups in total. The predicted octanol–water partition coefficient (Wildman–Crippen LogP) is 1.81. The highest BCUT2D eigenvalue weighted by Crippen LogP contribution is 2.21. The second kappa shape index (κ2) is 10.4. The van der Waals surface area contributed by atoms with E-state index in [-0.39, 0.29) is 24.0 Å². The molecule has 1 atom stereocenters. The maximum absolute atomic E-state index is 4.58. The van der Waals surface area contributed by atoms with Crippen LogP contribution in [0.5, 0.6) is 0 Å². The maximum Gasteiger partial charge on any atom is 0.191 e. The van der Waals surface area contributed by atoms with Crippen molar-refractivity contribution in [2.45, 2.75) is 70.5 Å². The quantitative estimate of drug-likeness (QED) is 0.373. The molecule has 0 saturated heterocycles. The van der Waals surface area contributed by atoms with E-state index in [9.17, 15) is 0 Å². The molecule has 0 bridgehead atoms. The molecule has 0 amide bonds. The highest BCUT2D eigenvalue weighted by atomic mass is 127. The predicted molar refractivity (Wildman–Crippen MR) is 116 cm³/mol. The summed E-state index contributed by atoms with van der Waals surface area (Å²) in [5, 5.41) is 11.6. The Morgan fingerprint density at radius 2 is 2.08 bits per heavy atom. The highest BCUT2D eigenvalue weighted by molar-refractivity contribution is 14.0. The lowest BCUT2D eigenvalue weighted by Crippen LogP contribution is -2.48. The summed E-state index contributed by atoms with van der Waals surface area (Å²) in [6, 6.07) is 1.13. The monoisotopic (exact) mass is 475 g/mol. The van der Waals surface area contributed by atoms with Crippen LogP contribution in [0.1, 0.15) is 50.7 Å². The molecule has 1 aliphatic heterocycles. The van der Waals surface area contributed by atoms with E-state index in [0.717, 1.165) is 62.5 Å². The molecule has 26 heavy (non-hydrogen) atoms. The van der Waals surface area contributed by atoms with Gasteiger partial charge in [0.15, 0.2) is 11.8 Å². The summed E-state index contributed by atoms with van der Waals surface area (Å²) < 4.78 is 2.06. The fourth-order valence-electron chi connectivity index (χ4n) is 3.89. The van der Waals surface area contributed by atoms with Crippen molar-refractivity contribution in [3.05, 3.63) is 11.6 Å². The molecule has 1 unspecified atom stereocenters. The fourth-order valence-corrected chi connectivity index (χ4v) is 3.89. The molecule has 2 heterocycles. The van der Waals surface area contributed by atoms with Gasteiger partial charge in [0, 0.05) is 45.1 Å². The van der Waals surface area contributed by atoms with Crippen molar-refractivity contribution in [2.24, 2.45) is 4.99 Å². The third-order valence-electron chi connectivity index (χ3n) is 5.49. The van der Waals surface area contributed by atoms with Gasteiger partial charge in [0.1, 0.15) is 5.82 Å². The molecule has 7 nitrogen and oxygen atoms in total. The van der Waals surface area contributed by atoms with E-state index >= 15 is 0 Å². The lowest BCUT2D eigenvalue weighted by atomic mass is 10.1. The third kappa shape index (κ3) is 5.55. The number of guanidine groups is 1. The van der Waals surface area contributed by atoms with Crippen LogP contribution >= 0.6 is 24.0 Å². The van der Waals surface area contributed by atoms with E-state index in [1.807, 2.05) is 7.05 Å². The zero-order valence-corrected chi connectivity index (χ0v) is 18.7. The van der Waals surface area contributed by atoms with Crippen molar-refractivity contribution in [3.63, 3.8) is 0 Å². The SMILES string of the molecule is CCc1nc2n(n1)CC(NC(=NC)NCCN(C)C1CCCC1)CC2.I. The summed E-state index contributed by atoms with van der Waals surface area (Å²) in [6.45, 7) is 4.95. The Morgan fingerprint density at radius 3 is 2.77 bits per heavy atom. The van der Waals surface area contributed by atoms with Gasteiger partial charge in [-0.2, -0.15) is 5.10 Å². The van der Waals surface area contributed by atoms with Gasteiger partial charge in [-0.25, -0.2) is 9.67 Å². The van der Waals surface area contributed by atoms with Crippen LogP contribution in [-0.2, 0) is 19.4 Å². The number of halogens is 1. The van der Waals surface area contributed by atoms with E-state index in [4.69, 9.17) is 0 Å². The normalized spacial score (nSPS) is 20.8. The first kappa shape index (κ1) is 21.4. The van der Waals surface area contributed by atoms with Crippen molar-refractivity contribution < 1.29 is 0 Å². The van der Waals surface area contributed by atoms with Crippen LogP contribution in [0.2, 0.25) is 0 Å². The van der Waals surface area contributed by atoms with E-state index < -0.39 is 0 Å². The van der Waals surface area contributed by atoms with E-state index in [1.165, 1.54) is 25.7 Å². The van der Waals surface area contributed by atoms with E-state index in [2.05, 4.69) is 49.3 Å². The minimum atomic E-state index is 0. The molecule has 8 heteroatoms. The minimum absolute atomic E-state index is 0. The first-order valence-electron chi connectivity index (χ1n) is 9.79. The molecule has 3 rings (SSSR count). The summed E-state index contributed by atoms with van der Waals surface area (Å²) in [5.41, 5.74) is 0. The van der Waals surface area contributed by atoms with Crippen molar-refractivity contribution >= 4 is 29.9 Å². The zero-order valence-electron chi connectivity index (χ0n) is 16.4. The molecule has 1 fully saturated rings. The average molecular weight is 475 g/mol. The van der Waals surface area contributed by atoms with Crippen LogP contribution in [-0.4, -0.2) is 64.9 Å². The van der Waals surface area contributed by atoms with Crippen LogP contribution < -0.4 is 10.6 Å². The topological polar surface area (TPSA) is 70.4 Å². The molecule has 1 aliphatic carbocycles. The molecular weight excluding hydrogens is 441 g/mol. The summed E-state index contributed by atoms with van der Waals surface area (Å²) in [7, 11) is 4.08. The maximum atomic E-state index is 4.58. The number of hydrogen-bond acceptors (Lipinski definition) is 4. The van der Waals surface area contributed by atoms with Gasteiger partial charge in [0.05, 0.1) is 6.54 Å². The lowest BCUT2D eigenvalue weighted by Gasteiger charge is -2.27. The lowest BCUT2D eigenvalue weighted by molar-refractivity contribution is 0.249. The molecule has 148 valence electrons. The molecule has 2 aliphatic rings. The first-order chi connectivity index (χ1) is 12.2. The Morgan fingerprint density at radius 1 is 1.31 bits per heavy atom. The third-order valence-corrected chi connectivity index (χ3v) is 5.49. The number of nitrogens with one attached hydrogen (secondary N) is 2. The summed E-state index contributed by atoms with van der Waals surface area (Å²) in [4.78, 5) is 11.5. The Kier molecular flexibility index (Phi) is 8.59. The van der Waals surface area contributed by atoms with Crippen molar-refractivity contribution in [2.75, 3.05) is 27.2 Å². The largest absolute Gasteiger partial charge is 0.355 e. The number of rotatable bonds is 6. The molecule has 1 aromatic heterocycles. The molecule has 0 radical (unpaired) electrons. The van der Waals surface area contributed by atoms with Crippen molar-refractivity contribution in [1.29, 1.82) is 0 Å². The molecular formula is C18H34IN7. The second-order valence-electron chi connectivity index (χ2n) is 7.28. The van der Waals surface area contributed by atoms with Gasteiger partial charge in [0.2, 0.25) is 0 Å². The highest BCUT2D eigenvalue weighted by Gasteiger charge is 2.22. The molecule has 1 saturated carbocycles. The number of likely N-dealkylation sites (N-methyl/N-ethyl adjacent to an activating group) is 1. The second-order valence-corrected chi connectivity index (χ2v) is 7.28. The average Bonchev–Trinajstić information content (AvgIpc) is 3.29. The summed E-state index contributed by atoms with van der Waals surface area (Å²) in [5.74, 6) is 2.97. The van der Waals surface area contributed by atoms with Gasteiger partial charge in [0.25, 0.3) is 0 Å².